The van der Waals surface area contributed by atoms with Crippen LogP contribution >= 0.6 is 0 Å². The topological polar surface area (TPSA) is 95.9 Å². The lowest BCUT2D eigenvalue weighted by Gasteiger charge is -2.20. The zero-order valence-corrected chi connectivity index (χ0v) is 11.6. The maximum Gasteiger partial charge on any atom is 0.412 e. The summed E-state index contributed by atoms with van der Waals surface area (Å²) in [7, 11) is 0. The molecule has 0 radical (unpaired) electrons. The molecular weight excluding hydrogens is 288 g/mol. The van der Waals surface area contributed by atoms with Gasteiger partial charge in [-0.2, -0.15) is 8.78 Å². The Balaban J connectivity index is 3.04. The average Bonchev–Trinajstić information content (AvgIpc) is 2.29. The summed E-state index contributed by atoms with van der Waals surface area (Å²) in [6, 6.07) is 2.29. The van der Waals surface area contributed by atoms with Crippen molar-refractivity contribution in [1.82, 2.24) is 0 Å². The molecule has 116 valence electrons. The fraction of sp³-hybridized carbons (Fsp3) is 0.385. The minimum Gasteiger partial charge on any atom is -0.506 e. The van der Waals surface area contributed by atoms with Crippen LogP contribution in [-0.4, -0.2) is 27.9 Å². The zero-order chi connectivity index (χ0) is 16.4. The highest BCUT2D eigenvalue weighted by Crippen LogP contribution is 2.34. The van der Waals surface area contributed by atoms with Crippen LogP contribution in [0.15, 0.2) is 18.2 Å². The van der Waals surface area contributed by atoms with Gasteiger partial charge >= 0.3 is 18.0 Å². The monoisotopic (exact) mass is 303 g/mol. The zero-order valence-electron chi connectivity index (χ0n) is 11.6. The normalized spacial score (nSPS) is 11.9. The summed E-state index contributed by atoms with van der Waals surface area (Å²) in [4.78, 5) is 22.0. The number of phenolic OH excluding ortho intramolecular Hbond substituents is 1. The number of rotatable bonds is 3. The Kier molecular flexibility index (Phi) is 4.40. The quantitative estimate of drug-likeness (QED) is 0.746. The predicted octanol–water partition coefficient (Wildman–Crippen LogP) is 2.92. The lowest BCUT2D eigenvalue weighted by Crippen LogP contribution is -2.28. The highest BCUT2D eigenvalue weighted by Gasteiger charge is 2.41. The number of carbonyl (C=O) groups excluding carboxylic acids is 1. The summed E-state index contributed by atoms with van der Waals surface area (Å²) in [6.45, 7) is 4.80. The molecule has 21 heavy (non-hydrogen) atoms. The van der Waals surface area contributed by atoms with E-state index in [2.05, 4.69) is 5.32 Å². The van der Waals surface area contributed by atoms with Gasteiger partial charge in [-0.25, -0.2) is 9.59 Å². The number of aromatic hydroxyl groups is 1. The minimum absolute atomic E-state index is 0.373. The highest BCUT2D eigenvalue weighted by atomic mass is 19.3. The van der Waals surface area contributed by atoms with Gasteiger partial charge in [0.2, 0.25) is 0 Å². The Morgan fingerprint density at radius 1 is 1.24 bits per heavy atom. The van der Waals surface area contributed by atoms with Gasteiger partial charge in [-0.05, 0) is 39.0 Å². The molecule has 0 heterocycles. The lowest BCUT2D eigenvalue weighted by atomic mass is 10.1. The molecule has 0 spiro atoms. The summed E-state index contributed by atoms with van der Waals surface area (Å²) >= 11 is 0. The summed E-state index contributed by atoms with van der Waals surface area (Å²) in [5.74, 6) is -6.97. The van der Waals surface area contributed by atoms with E-state index >= 15 is 0 Å². The number of amides is 1. The molecule has 0 aliphatic heterocycles. The van der Waals surface area contributed by atoms with E-state index < -0.39 is 34.9 Å². The molecule has 0 aliphatic rings. The Morgan fingerprint density at radius 2 is 1.81 bits per heavy atom. The molecule has 0 saturated carbocycles. The van der Waals surface area contributed by atoms with E-state index in [-0.39, 0.29) is 5.69 Å². The summed E-state index contributed by atoms with van der Waals surface area (Å²) in [5.41, 5.74) is -2.07. The number of aliphatic carboxylic acids is 1. The van der Waals surface area contributed by atoms with Crippen LogP contribution in [0.5, 0.6) is 5.75 Å². The van der Waals surface area contributed by atoms with Crippen LogP contribution in [0.4, 0.5) is 19.3 Å². The van der Waals surface area contributed by atoms with E-state index in [0.29, 0.717) is 6.07 Å². The SMILES string of the molecule is CC(C)(C)OC(=O)Nc1cc(C(F)(F)C(=O)O)ccc1O. The molecule has 1 aromatic rings. The number of anilines is 1. The molecule has 0 saturated heterocycles. The van der Waals surface area contributed by atoms with Crippen LogP contribution in [-0.2, 0) is 15.5 Å². The van der Waals surface area contributed by atoms with Crippen molar-refractivity contribution in [3.63, 3.8) is 0 Å². The number of carboxylic acid groups (broad SMARTS) is 1. The molecule has 0 atom stereocenters. The minimum atomic E-state index is -4.14. The van der Waals surface area contributed by atoms with Gasteiger partial charge in [0.05, 0.1) is 5.69 Å². The average molecular weight is 303 g/mol. The Labute approximate surface area is 119 Å². The first-order valence-corrected chi connectivity index (χ1v) is 5.88. The molecule has 0 unspecified atom stereocenters. The molecule has 1 aromatic carbocycles. The Bertz CT molecular complexity index is 566. The van der Waals surface area contributed by atoms with Crippen molar-refractivity contribution in [2.24, 2.45) is 0 Å². The van der Waals surface area contributed by atoms with Gasteiger partial charge < -0.3 is 14.9 Å². The van der Waals surface area contributed by atoms with Gasteiger partial charge in [0, 0.05) is 5.56 Å². The second-order valence-electron chi connectivity index (χ2n) is 5.24. The summed E-state index contributed by atoms with van der Waals surface area (Å²) < 4.78 is 31.7. The third kappa shape index (κ3) is 4.30. The van der Waals surface area contributed by atoms with Gasteiger partial charge in [-0.3, -0.25) is 5.32 Å². The molecule has 0 fully saturated rings. The van der Waals surface area contributed by atoms with E-state index in [1.165, 1.54) is 0 Å². The van der Waals surface area contributed by atoms with E-state index in [1.807, 2.05) is 0 Å². The van der Waals surface area contributed by atoms with Crippen molar-refractivity contribution in [2.45, 2.75) is 32.3 Å². The number of benzene rings is 1. The number of alkyl halides is 2. The van der Waals surface area contributed by atoms with Crippen LogP contribution in [0.2, 0.25) is 0 Å². The van der Waals surface area contributed by atoms with Gasteiger partial charge in [-0.15, -0.1) is 0 Å². The number of hydrogen-bond acceptors (Lipinski definition) is 4. The molecule has 1 rings (SSSR count). The van der Waals surface area contributed by atoms with Gasteiger partial charge in [0.15, 0.2) is 0 Å². The van der Waals surface area contributed by atoms with E-state index in [4.69, 9.17) is 9.84 Å². The van der Waals surface area contributed by atoms with Gasteiger partial charge in [-0.1, -0.05) is 0 Å². The first-order chi connectivity index (χ1) is 9.43. The molecule has 8 heteroatoms. The number of halogens is 2. The number of phenols is 1. The molecule has 6 nitrogen and oxygen atoms in total. The second-order valence-corrected chi connectivity index (χ2v) is 5.24. The highest BCUT2D eigenvalue weighted by molar-refractivity contribution is 5.87. The molecule has 1 amide bonds. The maximum atomic E-state index is 13.4. The lowest BCUT2D eigenvalue weighted by molar-refractivity contribution is -0.166. The largest absolute Gasteiger partial charge is 0.506 e. The maximum absolute atomic E-state index is 13.4. The molecule has 3 N–H and O–H groups in total. The number of nitrogens with one attached hydrogen (secondary N) is 1. The van der Waals surface area contributed by atoms with Crippen molar-refractivity contribution in [2.75, 3.05) is 5.32 Å². The van der Waals surface area contributed by atoms with E-state index in [1.54, 1.807) is 20.8 Å². The van der Waals surface area contributed by atoms with Crippen molar-refractivity contribution in [1.29, 1.82) is 0 Å². The Morgan fingerprint density at radius 3 is 2.29 bits per heavy atom. The van der Waals surface area contributed by atoms with Crippen molar-refractivity contribution in [3.8, 4) is 5.75 Å². The molecule has 0 aliphatic carbocycles. The number of carbonyl (C=O) groups is 2. The number of hydrogen-bond donors (Lipinski definition) is 3. The van der Waals surface area contributed by atoms with Crippen LogP contribution in [0.25, 0.3) is 0 Å². The first kappa shape index (κ1) is 16.7. The summed E-state index contributed by atoms with van der Waals surface area (Å²) in [6.07, 6.45) is -0.964. The molecular formula is C13H15F2NO5. The third-order valence-corrected chi connectivity index (χ3v) is 2.26. The van der Waals surface area contributed by atoms with Gasteiger partial charge in [0.1, 0.15) is 11.4 Å². The first-order valence-electron chi connectivity index (χ1n) is 5.88. The van der Waals surface area contributed by atoms with Crippen LogP contribution in [0.1, 0.15) is 26.3 Å². The van der Waals surface area contributed by atoms with E-state index in [0.717, 1.165) is 12.1 Å². The van der Waals surface area contributed by atoms with Crippen molar-refractivity contribution in [3.05, 3.63) is 23.8 Å². The second kappa shape index (κ2) is 5.55. The smallest absolute Gasteiger partial charge is 0.412 e. The Hall–Kier alpha value is -2.38. The van der Waals surface area contributed by atoms with Crippen LogP contribution in [0.3, 0.4) is 0 Å². The molecule has 0 bridgehead atoms. The predicted molar refractivity (Wildman–Crippen MR) is 69.5 cm³/mol. The third-order valence-electron chi connectivity index (χ3n) is 2.26. The fourth-order valence-electron chi connectivity index (χ4n) is 1.37. The van der Waals surface area contributed by atoms with Crippen molar-refractivity contribution >= 4 is 17.7 Å². The summed E-state index contributed by atoms with van der Waals surface area (Å²) in [5, 5.41) is 20.1. The van der Waals surface area contributed by atoms with Crippen LogP contribution in [0, 0.1) is 0 Å². The number of ether oxygens (including phenoxy) is 1. The standard InChI is InChI=1S/C13H15F2NO5/c1-12(2,3)21-11(20)16-8-6-7(4-5-9(8)17)13(14,15)10(18)19/h4-6,17H,1-3H3,(H,16,20)(H,18,19). The van der Waals surface area contributed by atoms with Gasteiger partial charge in [0.25, 0.3) is 0 Å². The van der Waals surface area contributed by atoms with E-state index in [9.17, 15) is 23.5 Å². The fourth-order valence-corrected chi connectivity index (χ4v) is 1.37. The van der Waals surface area contributed by atoms with Crippen molar-refractivity contribution < 1.29 is 33.3 Å². The molecule has 0 aromatic heterocycles. The van der Waals surface area contributed by atoms with Crippen LogP contribution < -0.4 is 5.32 Å². The number of carboxylic acids is 1.